The van der Waals surface area contributed by atoms with E-state index in [1.54, 1.807) is 12.1 Å². The van der Waals surface area contributed by atoms with Crippen molar-refractivity contribution in [2.24, 2.45) is 0 Å². The number of phenolic OH excluding ortho intramolecular Hbond substituents is 1. The highest BCUT2D eigenvalue weighted by atomic mass is 31.1. The summed E-state index contributed by atoms with van der Waals surface area (Å²) in [6.07, 6.45) is 0.902. The van der Waals surface area contributed by atoms with E-state index < -0.39 is 0 Å². The lowest BCUT2D eigenvalue weighted by Gasteiger charge is -2.31. The molecule has 2 atom stereocenters. The van der Waals surface area contributed by atoms with Gasteiger partial charge in [-0.1, -0.05) is 46.2 Å². The van der Waals surface area contributed by atoms with Gasteiger partial charge in [0.15, 0.2) is 0 Å². The number of rotatable bonds is 6. The van der Waals surface area contributed by atoms with E-state index in [-0.39, 0.29) is 11.0 Å². The number of aromatic hydroxyl groups is 1. The summed E-state index contributed by atoms with van der Waals surface area (Å²) in [5, 5.41) is 14.4. The first-order valence-electron chi connectivity index (χ1n) is 7.91. The Morgan fingerprint density at radius 1 is 1.22 bits per heavy atom. The van der Waals surface area contributed by atoms with E-state index in [2.05, 4.69) is 25.2 Å². The molecule has 0 radical (unpaired) electrons. The lowest BCUT2D eigenvalue weighted by atomic mass is 9.95. The van der Waals surface area contributed by atoms with Gasteiger partial charge in [-0.25, -0.2) is 4.39 Å². The van der Waals surface area contributed by atoms with E-state index in [0.717, 1.165) is 28.4 Å². The molecule has 124 valence electrons. The fourth-order valence-electron chi connectivity index (χ4n) is 2.76. The molecule has 0 aliphatic heterocycles. The fraction of sp³-hybridized carbons (Fsp3) is 0.368. The van der Waals surface area contributed by atoms with E-state index in [1.165, 1.54) is 6.07 Å². The molecular weight excluding hydrogens is 308 g/mol. The Morgan fingerprint density at radius 3 is 2.61 bits per heavy atom. The van der Waals surface area contributed by atoms with Crippen LogP contribution in [0.25, 0.3) is 0 Å². The molecule has 4 heteroatoms. The van der Waals surface area contributed by atoms with Crippen molar-refractivity contribution in [3.8, 4) is 5.75 Å². The monoisotopic (exact) mass is 333 g/mol. The smallest absolute Gasteiger partial charge is 0.123 e. The summed E-state index contributed by atoms with van der Waals surface area (Å²) in [6, 6.07) is 10.7. The van der Waals surface area contributed by atoms with Gasteiger partial charge < -0.3 is 10.4 Å². The average Bonchev–Trinajstić information content (AvgIpc) is 2.52. The molecule has 0 aliphatic rings. The van der Waals surface area contributed by atoms with Gasteiger partial charge >= 0.3 is 0 Å². The van der Waals surface area contributed by atoms with E-state index in [9.17, 15) is 9.50 Å². The summed E-state index contributed by atoms with van der Waals surface area (Å²) in [7, 11) is 2.32. The van der Waals surface area contributed by atoms with Crippen molar-refractivity contribution in [1.82, 2.24) is 5.32 Å². The maximum absolute atomic E-state index is 13.6. The molecule has 0 amide bonds. The highest BCUT2D eigenvalue weighted by Crippen LogP contribution is 2.47. The lowest BCUT2D eigenvalue weighted by molar-refractivity contribution is 0.456. The summed E-state index contributed by atoms with van der Waals surface area (Å²) in [4.78, 5) is 0. The minimum Gasteiger partial charge on any atom is -0.508 e. The van der Waals surface area contributed by atoms with Gasteiger partial charge in [-0.15, -0.1) is 0 Å². The van der Waals surface area contributed by atoms with Crippen molar-refractivity contribution in [3.05, 3.63) is 58.9 Å². The van der Waals surface area contributed by atoms with Gasteiger partial charge in [0, 0.05) is 17.3 Å². The van der Waals surface area contributed by atoms with Gasteiger partial charge in [-0.3, -0.25) is 0 Å². The Hall–Kier alpha value is -1.44. The van der Waals surface area contributed by atoms with Crippen LogP contribution < -0.4 is 10.6 Å². The first-order valence-corrected chi connectivity index (χ1v) is 8.91. The van der Waals surface area contributed by atoms with E-state index >= 15 is 0 Å². The predicted octanol–water partition coefficient (Wildman–Crippen LogP) is 4.19. The third kappa shape index (κ3) is 4.10. The minimum absolute atomic E-state index is 0.170. The van der Waals surface area contributed by atoms with E-state index in [4.69, 9.17) is 0 Å². The molecule has 2 nitrogen and oxygen atoms in total. The fourth-order valence-corrected chi connectivity index (χ4v) is 4.35. The molecule has 0 saturated carbocycles. The summed E-state index contributed by atoms with van der Waals surface area (Å²) < 4.78 is 13.6. The zero-order chi connectivity index (χ0) is 17.0. The Labute approximate surface area is 139 Å². The van der Waals surface area contributed by atoms with Gasteiger partial charge in [0.1, 0.15) is 11.6 Å². The van der Waals surface area contributed by atoms with Crippen LogP contribution in [0.5, 0.6) is 5.75 Å². The zero-order valence-electron chi connectivity index (χ0n) is 14.2. The second-order valence-electron chi connectivity index (χ2n) is 6.16. The number of halogens is 1. The number of hydrogen-bond donors (Lipinski definition) is 2. The normalized spacial score (nSPS) is 14.3. The van der Waals surface area contributed by atoms with Crippen molar-refractivity contribution in [3.63, 3.8) is 0 Å². The average molecular weight is 333 g/mol. The molecule has 2 unspecified atom stereocenters. The molecule has 0 saturated heterocycles. The van der Waals surface area contributed by atoms with E-state index in [0.29, 0.717) is 20.9 Å². The standard InChI is InChI=1S/C19H25FNOP/c1-5-19(3,16-10-13(2)6-8-17(16)22)23-18-9-7-15(20)11-14(18)12-21-4/h6-11,21-23H,5,12H2,1-4H3. The number of hydrogen-bond acceptors (Lipinski definition) is 2. The predicted molar refractivity (Wildman–Crippen MR) is 97.6 cm³/mol. The topological polar surface area (TPSA) is 32.3 Å². The van der Waals surface area contributed by atoms with Crippen LogP contribution in [0.1, 0.15) is 37.0 Å². The maximum Gasteiger partial charge on any atom is 0.123 e. The molecule has 23 heavy (non-hydrogen) atoms. The largest absolute Gasteiger partial charge is 0.508 e. The van der Waals surface area contributed by atoms with Gasteiger partial charge in [-0.2, -0.15) is 0 Å². The SMILES string of the molecule is CCC(C)(Pc1ccc(F)cc1CNC)c1cc(C)ccc1O. The van der Waals surface area contributed by atoms with Crippen LogP contribution in [0.15, 0.2) is 36.4 Å². The van der Waals surface area contributed by atoms with Crippen LogP contribution in [0.3, 0.4) is 0 Å². The van der Waals surface area contributed by atoms with Crippen molar-refractivity contribution in [2.75, 3.05) is 7.05 Å². The van der Waals surface area contributed by atoms with Crippen molar-refractivity contribution in [1.29, 1.82) is 0 Å². The van der Waals surface area contributed by atoms with Crippen LogP contribution in [0.2, 0.25) is 0 Å². The third-order valence-corrected chi connectivity index (χ3v) is 6.23. The summed E-state index contributed by atoms with van der Waals surface area (Å²) in [5.41, 5.74) is 3.09. The molecule has 0 fully saturated rings. The summed E-state index contributed by atoms with van der Waals surface area (Å²) in [6.45, 7) is 6.98. The molecular formula is C19H25FNOP. The van der Waals surface area contributed by atoms with Crippen LogP contribution in [-0.4, -0.2) is 12.2 Å². The van der Waals surface area contributed by atoms with Gasteiger partial charge in [0.05, 0.1) is 0 Å². The summed E-state index contributed by atoms with van der Waals surface area (Å²) >= 11 is 0. The zero-order valence-corrected chi connectivity index (χ0v) is 15.2. The van der Waals surface area contributed by atoms with Crippen LogP contribution >= 0.6 is 8.58 Å². The number of nitrogens with one attached hydrogen (secondary N) is 1. The first-order chi connectivity index (χ1) is 10.9. The van der Waals surface area contributed by atoms with Crippen LogP contribution in [-0.2, 0) is 11.7 Å². The van der Waals surface area contributed by atoms with E-state index in [1.807, 2.05) is 26.1 Å². The molecule has 0 heterocycles. The molecule has 2 N–H and O–H groups in total. The van der Waals surface area contributed by atoms with Crippen LogP contribution in [0, 0.1) is 12.7 Å². The molecule has 2 aromatic carbocycles. The van der Waals surface area contributed by atoms with Gasteiger partial charge in [0.25, 0.3) is 0 Å². The molecule has 0 spiro atoms. The highest BCUT2D eigenvalue weighted by molar-refractivity contribution is 7.48. The number of aryl methyl sites for hydroxylation is 1. The molecule has 2 aromatic rings. The quantitative estimate of drug-likeness (QED) is 0.777. The van der Waals surface area contributed by atoms with Crippen molar-refractivity contribution < 1.29 is 9.50 Å². The number of benzene rings is 2. The van der Waals surface area contributed by atoms with Crippen molar-refractivity contribution >= 4 is 13.9 Å². The van der Waals surface area contributed by atoms with Crippen molar-refractivity contribution in [2.45, 2.75) is 38.9 Å². The lowest BCUT2D eigenvalue weighted by Crippen LogP contribution is -2.22. The Morgan fingerprint density at radius 2 is 1.96 bits per heavy atom. The third-order valence-electron chi connectivity index (χ3n) is 4.30. The van der Waals surface area contributed by atoms with Gasteiger partial charge in [-0.05, 0) is 49.5 Å². The Balaban J connectivity index is 2.44. The summed E-state index contributed by atoms with van der Waals surface area (Å²) in [5.74, 6) is 0.130. The molecule has 2 rings (SSSR count). The molecule has 0 bridgehead atoms. The Kier molecular flexibility index (Phi) is 5.78. The molecule has 0 aromatic heterocycles. The number of phenols is 1. The van der Waals surface area contributed by atoms with Gasteiger partial charge in [0.2, 0.25) is 0 Å². The molecule has 0 aliphatic carbocycles. The second kappa shape index (κ2) is 7.42. The van der Waals surface area contributed by atoms with Crippen LogP contribution in [0.4, 0.5) is 4.39 Å². The second-order valence-corrected chi connectivity index (χ2v) is 8.06. The minimum atomic E-state index is -0.208. The highest BCUT2D eigenvalue weighted by Gasteiger charge is 2.29. The maximum atomic E-state index is 13.6. The Bertz CT molecular complexity index is 689. The first kappa shape index (κ1) is 17.9.